The van der Waals surface area contributed by atoms with E-state index in [9.17, 15) is 0 Å². The lowest BCUT2D eigenvalue weighted by molar-refractivity contribution is 1.08. The van der Waals surface area contributed by atoms with Crippen molar-refractivity contribution < 1.29 is 0 Å². The average molecular weight is 238 g/mol. The Labute approximate surface area is 105 Å². The standard InChI is InChI=1S/C14H14N4/c1-10-4-5-15-7-12(10)8-16-13-2-3-14-11(6-13)9-17-18-14/h2-7,9,16H,8H2,1H3,(H,17,18). The first-order valence-corrected chi connectivity index (χ1v) is 5.89. The minimum Gasteiger partial charge on any atom is -0.381 e. The fourth-order valence-electron chi connectivity index (χ4n) is 1.93. The van der Waals surface area contributed by atoms with Crippen LogP contribution in [0.2, 0.25) is 0 Å². The van der Waals surface area contributed by atoms with Crippen LogP contribution in [0.5, 0.6) is 0 Å². The molecule has 0 aliphatic rings. The van der Waals surface area contributed by atoms with Crippen molar-refractivity contribution in [2.45, 2.75) is 13.5 Å². The fourth-order valence-corrected chi connectivity index (χ4v) is 1.93. The van der Waals surface area contributed by atoms with Crippen LogP contribution in [0.15, 0.2) is 42.9 Å². The van der Waals surface area contributed by atoms with Gasteiger partial charge < -0.3 is 5.32 Å². The van der Waals surface area contributed by atoms with E-state index in [2.05, 4.69) is 33.5 Å². The molecule has 2 aromatic heterocycles. The molecule has 2 N–H and O–H groups in total. The van der Waals surface area contributed by atoms with Crippen LogP contribution in [0.4, 0.5) is 5.69 Å². The van der Waals surface area contributed by atoms with Gasteiger partial charge in [0.15, 0.2) is 0 Å². The molecule has 0 aliphatic carbocycles. The maximum absolute atomic E-state index is 4.14. The fraction of sp³-hybridized carbons (Fsp3) is 0.143. The Morgan fingerprint density at radius 2 is 2.17 bits per heavy atom. The van der Waals surface area contributed by atoms with Gasteiger partial charge in [-0.1, -0.05) is 0 Å². The molecule has 0 radical (unpaired) electrons. The van der Waals surface area contributed by atoms with Gasteiger partial charge >= 0.3 is 0 Å². The molecule has 0 aliphatic heterocycles. The first-order valence-electron chi connectivity index (χ1n) is 5.89. The summed E-state index contributed by atoms with van der Waals surface area (Å²) < 4.78 is 0. The summed E-state index contributed by atoms with van der Waals surface area (Å²) in [5, 5.41) is 11.5. The molecule has 0 saturated carbocycles. The van der Waals surface area contributed by atoms with E-state index in [1.54, 1.807) is 0 Å². The second kappa shape index (κ2) is 4.49. The van der Waals surface area contributed by atoms with Crippen molar-refractivity contribution in [1.82, 2.24) is 15.2 Å². The maximum Gasteiger partial charge on any atom is 0.0651 e. The number of pyridine rings is 1. The van der Waals surface area contributed by atoms with E-state index in [0.717, 1.165) is 23.1 Å². The number of hydrogen-bond donors (Lipinski definition) is 2. The minimum absolute atomic E-state index is 0.781. The van der Waals surface area contributed by atoms with Gasteiger partial charge in [-0.05, 0) is 42.3 Å². The van der Waals surface area contributed by atoms with Gasteiger partial charge in [-0.25, -0.2) is 0 Å². The summed E-state index contributed by atoms with van der Waals surface area (Å²) in [6.07, 6.45) is 5.55. The summed E-state index contributed by atoms with van der Waals surface area (Å²) in [6, 6.07) is 8.19. The molecule has 1 aromatic carbocycles. The Kier molecular flexibility index (Phi) is 2.68. The third-order valence-electron chi connectivity index (χ3n) is 3.07. The van der Waals surface area contributed by atoms with Gasteiger partial charge in [0, 0.05) is 30.0 Å². The number of aromatic amines is 1. The molecule has 90 valence electrons. The molecule has 0 amide bonds. The van der Waals surface area contributed by atoms with Gasteiger partial charge in [0.2, 0.25) is 0 Å². The largest absolute Gasteiger partial charge is 0.381 e. The number of nitrogens with one attached hydrogen (secondary N) is 2. The predicted octanol–water partition coefficient (Wildman–Crippen LogP) is 2.88. The highest BCUT2D eigenvalue weighted by molar-refractivity contribution is 5.81. The zero-order valence-corrected chi connectivity index (χ0v) is 10.1. The average Bonchev–Trinajstić information content (AvgIpc) is 2.85. The van der Waals surface area contributed by atoms with E-state index in [4.69, 9.17) is 0 Å². The van der Waals surface area contributed by atoms with Crippen LogP contribution < -0.4 is 5.32 Å². The Morgan fingerprint density at radius 1 is 1.22 bits per heavy atom. The van der Waals surface area contributed by atoms with Gasteiger partial charge in [0.25, 0.3) is 0 Å². The van der Waals surface area contributed by atoms with E-state index in [1.807, 2.05) is 36.8 Å². The molecule has 0 spiro atoms. The van der Waals surface area contributed by atoms with Crippen LogP contribution in [-0.2, 0) is 6.54 Å². The number of hydrogen-bond acceptors (Lipinski definition) is 3. The number of anilines is 1. The highest BCUT2D eigenvalue weighted by Gasteiger charge is 2.00. The molecule has 0 unspecified atom stereocenters. The van der Waals surface area contributed by atoms with Crippen LogP contribution >= 0.6 is 0 Å². The molecule has 18 heavy (non-hydrogen) atoms. The molecule has 0 bridgehead atoms. The summed E-state index contributed by atoms with van der Waals surface area (Å²) in [7, 11) is 0. The Bertz CT molecular complexity index is 672. The van der Waals surface area contributed by atoms with Crippen molar-refractivity contribution in [3.05, 3.63) is 54.0 Å². The van der Waals surface area contributed by atoms with Gasteiger partial charge in [0.05, 0.1) is 11.7 Å². The molecule has 4 nitrogen and oxygen atoms in total. The SMILES string of the molecule is Cc1ccncc1CNc1ccc2[nH]ncc2c1. The zero-order valence-electron chi connectivity index (χ0n) is 10.1. The highest BCUT2D eigenvalue weighted by atomic mass is 15.1. The van der Waals surface area contributed by atoms with Gasteiger partial charge in [0.1, 0.15) is 0 Å². The Morgan fingerprint density at radius 3 is 3.06 bits per heavy atom. The number of rotatable bonds is 3. The number of H-pyrrole nitrogens is 1. The lowest BCUT2D eigenvalue weighted by Crippen LogP contribution is -2.01. The summed E-state index contributed by atoms with van der Waals surface area (Å²) in [6.45, 7) is 2.88. The predicted molar refractivity (Wildman–Crippen MR) is 72.4 cm³/mol. The minimum atomic E-state index is 0.781. The van der Waals surface area contributed by atoms with Gasteiger partial charge in [-0.2, -0.15) is 5.10 Å². The smallest absolute Gasteiger partial charge is 0.0651 e. The summed E-state index contributed by atoms with van der Waals surface area (Å²) in [5.74, 6) is 0. The van der Waals surface area contributed by atoms with Crippen LogP contribution in [0, 0.1) is 6.92 Å². The lowest BCUT2D eigenvalue weighted by Gasteiger charge is -2.08. The van der Waals surface area contributed by atoms with Crippen LogP contribution in [0.3, 0.4) is 0 Å². The molecular formula is C14H14N4. The molecule has 0 fully saturated rings. The maximum atomic E-state index is 4.14. The third kappa shape index (κ3) is 2.05. The van der Waals surface area contributed by atoms with E-state index < -0.39 is 0 Å². The van der Waals surface area contributed by atoms with E-state index in [1.165, 1.54) is 11.1 Å². The van der Waals surface area contributed by atoms with E-state index in [-0.39, 0.29) is 0 Å². The first-order chi connectivity index (χ1) is 8.83. The summed E-state index contributed by atoms with van der Waals surface area (Å²) >= 11 is 0. The van der Waals surface area contributed by atoms with Crippen molar-refractivity contribution in [3.63, 3.8) is 0 Å². The van der Waals surface area contributed by atoms with Crippen molar-refractivity contribution in [3.8, 4) is 0 Å². The number of fused-ring (bicyclic) bond motifs is 1. The topological polar surface area (TPSA) is 53.6 Å². The normalized spacial score (nSPS) is 10.7. The highest BCUT2D eigenvalue weighted by Crippen LogP contribution is 2.17. The number of nitrogens with zero attached hydrogens (tertiary/aromatic N) is 2. The van der Waals surface area contributed by atoms with E-state index in [0.29, 0.717) is 0 Å². The van der Waals surface area contributed by atoms with E-state index >= 15 is 0 Å². The number of aromatic nitrogens is 3. The second-order valence-electron chi connectivity index (χ2n) is 4.33. The monoisotopic (exact) mass is 238 g/mol. The van der Waals surface area contributed by atoms with Gasteiger partial charge in [-0.15, -0.1) is 0 Å². The van der Waals surface area contributed by atoms with Crippen molar-refractivity contribution >= 4 is 16.6 Å². The summed E-state index contributed by atoms with van der Waals surface area (Å²) in [5.41, 5.74) is 4.61. The Hall–Kier alpha value is -2.36. The van der Waals surface area contributed by atoms with Crippen LogP contribution in [0.25, 0.3) is 10.9 Å². The van der Waals surface area contributed by atoms with Crippen LogP contribution in [-0.4, -0.2) is 15.2 Å². The molecule has 4 heteroatoms. The molecular weight excluding hydrogens is 224 g/mol. The third-order valence-corrected chi connectivity index (χ3v) is 3.07. The second-order valence-corrected chi connectivity index (χ2v) is 4.33. The number of aryl methyl sites for hydroxylation is 1. The molecule has 0 saturated heterocycles. The quantitative estimate of drug-likeness (QED) is 0.737. The lowest BCUT2D eigenvalue weighted by atomic mass is 10.1. The van der Waals surface area contributed by atoms with Gasteiger partial charge in [-0.3, -0.25) is 10.1 Å². The molecule has 0 atom stereocenters. The van der Waals surface area contributed by atoms with Crippen molar-refractivity contribution in [2.75, 3.05) is 5.32 Å². The molecule has 3 rings (SSSR count). The van der Waals surface area contributed by atoms with Crippen molar-refractivity contribution in [2.24, 2.45) is 0 Å². The molecule has 2 heterocycles. The van der Waals surface area contributed by atoms with Crippen LogP contribution in [0.1, 0.15) is 11.1 Å². The zero-order chi connectivity index (χ0) is 12.4. The van der Waals surface area contributed by atoms with Crippen molar-refractivity contribution in [1.29, 1.82) is 0 Å². The first kappa shape index (κ1) is 10.8. The number of benzene rings is 1. The summed E-state index contributed by atoms with van der Waals surface area (Å²) in [4.78, 5) is 4.14. The Balaban J connectivity index is 1.78. The molecule has 3 aromatic rings.